The SMILES string of the molecule is COc1ccc(Cl)cc1NC(=O)CN1CCCCC1CO. The number of likely N-dealkylation sites (tertiary alicyclic amines) is 1. The van der Waals surface area contributed by atoms with Crippen molar-refractivity contribution in [2.45, 2.75) is 25.3 Å². The molecule has 1 aliphatic rings. The molecule has 1 aliphatic heterocycles. The Morgan fingerprint density at radius 1 is 1.52 bits per heavy atom. The molecule has 1 unspecified atom stereocenters. The molecule has 1 aromatic carbocycles. The molecule has 1 heterocycles. The minimum absolute atomic E-state index is 0.0748. The number of rotatable bonds is 5. The van der Waals surface area contributed by atoms with Gasteiger partial charge in [0.05, 0.1) is 25.9 Å². The Bertz CT molecular complexity index is 496. The number of benzene rings is 1. The Morgan fingerprint density at radius 2 is 2.33 bits per heavy atom. The van der Waals surface area contributed by atoms with Crippen molar-refractivity contribution >= 4 is 23.2 Å². The van der Waals surface area contributed by atoms with E-state index in [2.05, 4.69) is 5.32 Å². The monoisotopic (exact) mass is 312 g/mol. The molecule has 0 aliphatic carbocycles. The molecule has 0 spiro atoms. The molecular formula is C15H21ClN2O3. The van der Waals surface area contributed by atoms with E-state index in [1.54, 1.807) is 25.3 Å². The molecule has 2 rings (SSSR count). The number of nitrogens with zero attached hydrogens (tertiary/aromatic N) is 1. The summed E-state index contributed by atoms with van der Waals surface area (Å²) in [5.74, 6) is 0.445. The molecule has 0 saturated carbocycles. The van der Waals surface area contributed by atoms with Crippen molar-refractivity contribution in [3.05, 3.63) is 23.2 Å². The smallest absolute Gasteiger partial charge is 0.238 e. The minimum atomic E-state index is -0.129. The van der Waals surface area contributed by atoms with Gasteiger partial charge in [0.15, 0.2) is 0 Å². The van der Waals surface area contributed by atoms with Gasteiger partial charge in [0.25, 0.3) is 0 Å². The molecule has 116 valence electrons. The van der Waals surface area contributed by atoms with Gasteiger partial charge in [-0.25, -0.2) is 0 Å². The van der Waals surface area contributed by atoms with Gasteiger partial charge < -0.3 is 15.2 Å². The predicted molar refractivity (Wildman–Crippen MR) is 82.9 cm³/mol. The van der Waals surface area contributed by atoms with Crippen LogP contribution in [0.15, 0.2) is 18.2 Å². The maximum absolute atomic E-state index is 12.2. The summed E-state index contributed by atoms with van der Waals surface area (Å²) in [6.07, 6.45) is 3.10. The number of carbonyl (C=O) groups is 1. The topological polar surface area (TPSA) is 61.8 Å². The number of anilines is 1. The highest BCUT2D eigenvalue weighted by atomic mass is 35.5. The molecule has 0 bridgehead atoms. The van der Waals surface area contributed by atoms with Gasteiger partial charge in [0, 0.05) is 11.1 Å². The number of hydrogen-bond acceptors (Lipinski definition) is 4. The summed E-state index contributed by atoms with van der Waals surface area (Å²) in [6, 6.07) is 5.17. The van der Waals surface area contributed by atoms with Gasteiger partial charge in [-0.1, -0.05) is 18.0 Å². The molecule has 6 heteroatoms. The van der Waals surface area contributed by atoms with E-state index in [0.29, 0.717) is 16.5 Å². The molecule has 1 amide bonds. The van der Waals surface area contributed by atoms with Crippen molar-refractivity contribution in [3.63, 3.8) is 0 Å². The van der Waals surface area contributed by atoms with Crippen molar-refractivity contribution in [1.82, 2.24) is 4.90 Å². The Balaban J connectivity index is 1.99. The number of amides is 1. The first-order chi connectivity index (χ1) is 10.1. The van der Waals surface area contributed by atoms with Crippen molar-refractivity contribution in [3.8, 4) is 5.75 Å². The average molecular weight is 313 g/mol. The van der Waals surface area contributed by atoms with E-state index in [4.69, 9.17) is 16.3 Å². The van der Waals surface area contributed by atoms with E-state index >= 15 is 0 Å². The highest BCUT2D eigenvalue weighted by Crippen LogP contribution is 2.27. The van der Waals surface area contributed by atoms with E-state index in [1.807, 2.05) is 4.90 Å². The van der Waals surface area contributed by atoms with Crippen LogP contribution in [0.2, 0.25) is 5.02 Å². The average Bonchev–Trinajstić information content (AvgIpc) is 2.48. The fourth-order valence-electron chi connectivity index (χ4n) is 2.63. The first-order valence-electron chi connectivity index (χ1n) is 7.12. The van der Waals surface area contributed by atoms with Crippen LogP contribution in [0.25, 0.3) is 0 Å². The van der Waals surface area contributed by atoms with Crippen molar-refractivity contribution in [1.29, 1.82) is 0 Å². The van der Waals surface area contributed by atoms with Gasteiger partial charge in [0.2, 0.25) is 5.91 Å². The summed E-state index contributed by atoms with van der Waals surface area (Å²) in [4.78, 5) is 14.2. The van der Waals surface area contributed by atoms with Crippen LogP contribution in [-0.2, 0) is 4.79 Å². The highest BCUT2D eigenvalue weighted by Gasteiger charge is 2.23. The lowest BCUT2D eigenvalue weighted by Crippen LogP contribution is -2.45. The summed E-state index contributed by atoms with van der Waals surface area (Å²) < 4.78 is 5.21. The summed E-state index contributed by atoms with van der Waals surface area (Å²) in [5, 5.41) is 12.7. The molecule has 5 nitrogen and oxygen atoms in total. The first-order valence-corrected chi connectivity index (χ1v) is 7.50. The number of ether oxygens (including phenoxy) is 1. The van der Waals surface area contributed by atoms with Crippen LogP contribution in [0.5, 0.6) is 5.75 Å². The Labute approximate surface area is 129 Å². The second-order valence-electron chi connectivity index (χ2n) is 5.20. The van der Waals surface area contributed by atoms with Crippen molar-refractivity contribution in [2.75, 3.05) is 32.1 Å². The first kappa shape index (κ1) is 16.1. The normalized spacial score (nSPS) is 19.3. The lowest BCUT2D eigenvalue weighted by molar-refractivity contribution is -0.118. The van der Waals surface area contributed by atoms with E-state index in [-0.39, 0.29) is 25.1 Å². The quantitative estimate of drug-likeness (QED) is 0.874. The highest BCUT2D eigenvalue weighted by molar-refractivity contribution is 6.31. The number of aliphatic hydroxyl groups is 1. The molecule has 1 atom stereocenters. The summed E-state index contributed by atoms with van der Waals surface area (Å²) in [5.41, 5.74) is 0.563. The molecule has 1 fully saturated rings. The Morgan fingerprint density at radius 3 is 3.05 bits per heavy atom. The fraction of sp³-hybridized carbons (Fsp3) is 0.533. The molecule has 21 heavy (non-hydrogen) atoms. The van der Waals surface area contributed by atoms with Gasteiger partial charge in [-0.2, -0.15) is 0 Å². The van der Waals surface area contributed by atoms with Gasteiger partial charge in [0.1, 0.15) is 5.75 Å². The van der Waals surface area contributed by atoms with Crippen molar-refractivity contribution in [2.24, 2.45) is 0 Å². The van der Waals surface area contributed by atoms with Crippen LogP contribution in [0, 0.1) is 0 Å². The summed E-state index contributed by atoms with van der Waals surface area (Å²) >= 11 is 5.94. The number of methoxy groups -OCH3 is 1. The number of hydrogen-bond donors (Lipinski definition) is 2. The second-order valence-corrected chi connectivity index (χ2v) is 5.63. The van der Waals surface area contributed by atoms with E-state index in [9.17, 15) is 9.90 Å². The third-order valence-corrected chi connectivity index (χ3v) is 3.98. The molecule has 1 aromatic rings. The molecular weight excluding hydrogens is 292 g/mol. The number of carbonyl (C=O) groups excluding carboxylic acids is 1. The summed E-state index contributed by atoms with van der Waals surface area (Å²) in [7, 11) is 1.55. The molecule has 2 N–H and O–H groups in total. The van der Waals surface area contributed by atoms with Crippen LogP contribution >= 0.6 is 11.6 Å². The van der Waals surface area contributed by atoms with Crippen LogP contribution in [0.1, 0.15) is 19.3 Å². The molecule has 1 saturated heterocycles. The predicted octanol–water partition coefficient (Wildman–Crippen LogP) is 2.13. The largest absolute Gasteiger partial charge is 0.495 e. The molecule has 0 aromatic heterocycles. The second kappa shape index (κ2) is 7.64. The lowest BCUT2D eigenvalue weighted by atomic mass is 10.0. The number of halogens is 1. The van der Waals surface area contributed by atoms with Crippen molar-refractivity contribution < 1.29 is 14.6 Å². The van der Waals surface area contributed by atoms with Crippen LogP contribution in [0.4, 0.5) is 5.69 Å². The Hall–Kier alpha value is -1.30. The van der Waals surface area contributed by atoms with E-state index in [1.165, 1.54) is 0 Å². The standard InChI is InChI=1S/C15H21ClN2O3/c1-21-14-6-5-11(16)8-13(14)17-15(20)9-18-7-3-2-4-12(18)10-19/h5-6,8,12,19H,2-4,7,9-10H2,1H3,(H,17,20). The zero-order valence-electron chi connectivity index (χ0n) is 12.1. The molecule has 0 radical (unpaired) electrons. The van der Waals surface area contributed by atoms with E-state index in [0.717, 1.165) is 25.8 Å². The summed E-state index contributed by atoms with van der Waals surface area (Å²) in [6.45, 7) is 1.19. The number of piperidine rings is 1. The third-order valence-electron chi connectivity index (χ3n) is 3.74. The fourth-order valence-corrected chi connectivity index (χ4v) is 2.80. The van der Waals surface area contributed by atoms with E-state index < -0.39 is 0 Å². The van der Waals surface area contributed by atoms with Gasteiger partial charge in [-0.15, -0.1) is 0 Å². The lowest BCUT2D eigenvalue weighted by Gasteiger charge is -2.33. The van der Waals surface area contributed by atoms with Crippen LogP contribution in [0.3, 0.4) is 0 Å². The van der Waals surface area contributed by atoms with Gasteiger partial charge >= 0.3 is 0 Å². The maximum Gasteiger partial charge on any atom is 0.238 e. The third kappa shape index (κ3) is 4.33. The zero-order chi connectivity index (χ0) is 15.2. The van der Waals surface area contributed by atoms with Crippen LogP contribution in [-0.4, -0.2) is 48.8 Å². The zero-order valence-corrected chi connectivity index (χ0v) is 12.9. The maximum atomic E-state index is 12.2. The van der Waals surface area contributed by atoms with Gasteiger partial charge in [-0.3, -0.25) is 9.69 Å². The van der Waals surface area contributed by atoms with Crippen LogP contribution < -0.4 is 10.1 Å². The Kier molecular flexibility index (Phi) is 5.85. The number of aliphatic hydroxyl groups excluding tert-OH is 1. The van der Waals surface area contributed by atoms with Gasteiger partial charge in [-0.05, 0) is 37.6 Å². The minimum Gasteiger partial charge on any atom is -0.495 e. The number of nitrogens with one attached hydrogen (secondary N) is 1.